The third-order valence-electron chi connectivity index (χ3n) is 6.64. The van der Waals surface area contributed by atoms with E-state index in [1.807, 2.05) is 54.5 Å². The van der Waals surface area contributed by atoms with Gasteiger partial charge in [-0.2, -0.15) is 11.8 Å². The summed E-state index contributed by atoms with van der Waals surface area (Å²) in [4.78, 5) is 31.2. The van der Waals surface area contributed by atoms with Gasteiger partial charge in [0.15, 0.2) is 0 Å². The molecule has 0 saturated carbocycles. The van der Waals surface area contributed by atoms with Gasteiger partial charge in [0.1, 0.15) is 11.6 Å². The van der Waals surface area contributed by atoms with E-state index in [1.165, 1.54) is 23.9 Å². The maximum absolute atomic E-state index is 14.0. The average Bonchev–Trinajstić information content (AvgIpc) is 2.95. The number of carbonyl (C=O) groups is 2. The van der Waals surface area contributed by atoms with E-state index in [4.69, 9.17) is 0 Å². The number of amides is 1. The number of halogens is 2. The molecule has 0 bridgehead atoms. The van der Waals surface area contributed by atoms with Crippen molar-refractivity contribution in [1.29, 1.82) is 0 Å². The normalized spacial score (nSPS) is 11.3. The third-order valence-corrected chi connectivity index (χ3v) is 7.29. The molecular formula is C32H30F2LiN3O3S. The van der Waals surface area contributed by atoms with Crippen molar-refractivity contribution in [2.24, 2.45) is 0 Å². The van der Waals surface area contributed by atoms with E-state index in [9.17, 15) is 23.5 Å². The van der Waals surface area contributed by atoms with Gasteiger partial charge in [-0.05, 0) is 89.6 Å². The van der Waals surface area contributed by atoms with Crippen LogP contribution in [0.5, 0.6) is 0 Å². The SMILES string of the molecule is CSCC[C@H](NC(=O)c1ccc(CN(Cc2cc(F)cc(F)c2)c2cccnc2)cc1-c1ccccc1C)C(=O)[O-].[Li+]. The van der Waals surface area contributed by atoms with Gasteiger partial charge in [-0.3, -0.25) is 9.78 Å². The van der Waals surface area contributed by atoms with Crippen LogP contribution in [0.2, 0.25) is 0 Å². The minimum absolute atomic E-state index is 0. The number of aryl methyl sites for hydroxylation is 1. The molecular weight excluding hydrogens is 551 g/mol. The number of nitrogens with zero attached hydrogens (tertiary/aromatic N) is 2. The molecule has 1 N–H and O–H groups in total. The van der Waals surface area contributed by atoms with Gasteiger partial charge in [-0.1, -0.05) is 30.3 Å². The Morgan fingerprint density at radius 3 is 2.31 bits per heavy atom. The topological polar surface area (TPSA) is 85.4 Å². The summed E-state index contributed by atoms with van der Waals surface area (Å²) >= 11 is 1.49. The number of benzene rings is 3. The summed E-state index contributed by atoms with van der Waals surface area (Å²) in [5, 5.41) is 14.3. The molecule has 4 rings (SSSR count). The average molecular weight is 582 g/mol. The summed E-state index contributed by atoms with van der Waals surface area (Å²) < 4.78 is 27.9. The molecule has 0 unspecified atom stereocenters. The first-order valence-electron chi connectivity index (χ1n) is 13.0. The van der Waals surface area contributed by atoms with E-state index in [2.05, 4.69) is 10.3 Å². The number of pyridine rings is 1. The molecule has 1 heterocycles. The standard InChI is InChI=1S/C32H31F2N3O3S.Li/c1-21-6-3-4-8-27(21)29-16-22(9-10-28(29)31(38)36-30(32(39)40)11-13-41-2)19-37(26-7-5-12-35-18-26)20-23-14-24(33)17-25(34)15-23;/h3-10,12,14-18,30H,11,13,19-20H2,1-2H3,(H,36,38)(H,39,40);/q;+1/p-1/t30-;/m0./s1. The Labute approximate surface area is 260 Å². The van der Waals surface area contributed by atoms with Crippen molar-refractivity contribution in [1.82, 2.24) is 10.3 Å². The molecule has 3 aromatic carbocycles. The van der Waals surface area contributed by atoms with E-state index in [-0.39, 0.29) is 31.8 Å². The van der Waals surface area contributed by atoms with Crippen LogP contribution in [-0.4, -0.2) is 34.9 Å². The number of nitrogens with one attached hydrogen (secondary N) is 1. The minimum atomic E-state index is -1.33. The van der Waals surface area contributed by atoms with Crippen molar-refractivity contribution in [3.8, 4) is 11.1 Å². The number of anilines is 1. The number of rotatable bonds is 12. The van der Waals surface area contributed by atoms with Crippen LogP contribution in [0.1, 0.15) is 33.5 Å². The van der Waals surface area contributed by atoms with Crippen molar-refractivity contribution in [2.45, 2.75) is 32.5 Å². The van der Waals surface area contributed by atoms with Gasteiger partial charge in [0.05, 0.1) is 23.9 Å². The Morgan fingerprint density at radius 1 is 0.952 bits per heavy atom. The van der Waals surface area contributed by atoms with Crippen molar-refractivity contribution in [2.75, 3.05) is 16.9 Å². The number of hydrogen-bond acceptors (Lipinski definition) is 6. The largest absolute Gasteiger partial charge is 1.00 e. The molecule has 0 saturated heterocycles. The molecule has 0 aliphatic rings. The Bertz CT molecular complexity index is 1500. The van der Waals surface area contributed by atoms with Crippen LogP contribution in [0.3, 0.4) is 0 Å². The summed E-state index contributed by atoms with van der Waals surface area (Å²) in [5.74, 6) is -2.60. The smallest absolute Gasteiger partial charge is 0.548 e. The molecule has 0 fully saturated rings. The van der Waals surface area contributed by atoms with Gasteiger partial charge in [0, 0.05) is 30.9 Å². The van der Waals surface area contributed by atoms with Gasteiger partial charge in [-0.15, -0.1) is 0 Å². The molecule has 10 heteroatoms. The number of carboxylic acids is 1. The first kappa shape index (κ1) is 32.9. The molecule has 1 amide bonds. The monoisotopic (exact) mass is 581 g/mol. The van der Waals surface area contributed by atoms with E-state index in [1.54, 1.807) is 30.6 Å². The van der Waals surface area contributed by atoms with E-state index in [0.717, 1.165) is 28.4 Å². The summed E-state index contributed by atoms with van der Waals surface area (Å²) in [6, 6.07) is 18.9. The minimum Gasteiger partial charge on any atom is -0.548 e. The van der Waals surface area contributed by atoms with E-state index in [0.29, 0.717) is 29.0 Å². The summed E-state index contributed by atoms with van der Waals surface area (Å²) in [6.45, 7) is 2.50. The van der Waals surface area contributed by atoms with Crippen LogP contribution in [-0.2, 0) is 17.9 Å². The zero-order chi connectivity index (χ0) is 29.4. The molecule has 1 aromatic heterocycles. The molecule has 212 valence electrons. The number of hydrogen-bond donors (Lipinski definition) is 1. The van der Waals surface area contributed by atoms with Gasteiger partial charge in [0.25, 0.3) is 5.91 Å². The van der Waals surface area contributed by atoms with Gasteiger partial charge >= 0.3 is 18.9 Å². The van der Waals surface area contributed by atoms with Crippen LogP contribution in [0.15, 0.2) is 85.2 Å². The van der Waals surface area contributed by atoms with Crippen LogP contribution in [0, 0.1) is 18.6 Å². The van der Waals surface area contributed by atoms with Crippen LogP contribution < -0.4 is 34.2 Å². The predicted octanol–water partition coefficient (Wildman–Crippen LogP) is 2.15. The quantitative estimate of drug-likeness (QED) is 0.258. The van der Waals surface area contributed by atoms with Crippen molar-refractivity contribution in [3.05, 3.63) is 119 Å². The molecule has 6 nitrogen and oxygen atoms in total. The second-order valence-corrected chi connectivity index (χ2v) is 10.7. The molecule has 0 aliphatic heterocycles. The first-order chi connectivity index (χ1) is 19.7. The Morgan fingerprint density at radius 2 is 1.67 bits per heavy atom. The second kappa shape index (κ2) is 15.5. The fourth-order valence-corrected chi connectivity index (χ4v) is 5.10. The van der Waals surface area contributed by atoms with Crippen LogP contribution >= 0.6 is 11.8 Å². The zero-order valence-corrected chi connectivity index (χ0v) is 24.6. The Hall–Kier alpha value is -3.64. The maximum atomic E-state index is 14.0. The Kier molecular flexibility index (Phi) is 12.2. The maximum Gasteiger partial charge on any atom is 1.00 e. The number of thioether (sulfide) groups is 1. The number of aromatic nitrogens is 1. The van der Waals surface area contributed by atoms with Crippen molar-refractivity contribution < 1.29 is 42.3 Å². The molecule has 0 radical (unpaired) electrons. The molecule has 42 heavy (non-hydrogen) atoms. The van der Waals surface area contributed by atoms with Gasteiger partial charge in [0.2, 0.25) is 0 Å². The molecule has 0 spiro atoms. The molecule has 0 aliphatic carbocycles. The third kappa shape index (κ3) is 8.68. The second-order valence-electron chi connectivity index (χ2n) is 9.67. The molecule has 1 atom stereocenters. The summed E-state index contributed by atoms with van der Waals surface area (Å²) in [6.07, 6.45) is 5.43. The van der Waals surface area contributed by atoms with E-state index < -0.39 is 29.6 Å². The van der Waals surface area contributed by atoms with Crippen molar-refractivity contribution in [3.63, 3.8) is 0 Å². The Balaban J connectivity index is 0.00000484. The fraction of sp³-hybridized carbons (Fsp3) is 0.219. The van der Waals surface area contributed by atoms with Gasteiger partial charge < -0.3 is 20.1 Å². The predicted molar refractivity (Wildman–Crippen MR) is 156 cm³/mol. The number of carboxylic acid groups (broad SMARTS) is 1. The van der Waals surface area contributed by atoms with Crippen molar-refractivity contribution >= 4 is 29.3 Å². The summed E-state index contributed by atoms with van der Waals surface area (Å²) in [5.41, 5.74) is 4.79. The van der Waals surface area contributed by atoms with Crippen LogP contribution in [0.4, 0.5) is 14.5 Å². The molecule has 4 aromatic rings. The fourth-order valence-electron chi connectivity index (χ4n) is 4.63. The first-order valence-corrected chi connectivity index (χ1v) is 14.4. The number of aliphatic carboxylic acids is 1. The van der Waals surface area contributed by atoms with E-state index >= 15 is 0 Å². The summed E-state index contributed by atoms with van der Waals surface area (Å²) in [7, 11) is 0. The number of carbonyl (C=O) groups excluding carboxylic acids is 2. The zero-order valence-electron chi connectivity index (χ0n) is 23.8. The van der Waals surface area contributed by atoms with Gasteiger partial charge in [-0.25, -0.2) is 8.78 Å². The van der Waals surface area contributed by atoms with Crippen LogP contribution in [0.25, 0.3) is 11.1 Å².